The van der Waals surface area contributed by atoms with Crippen molar-refractivity contribution in [2.45, 2.75) is 57.5 Å². The molecule has 138 valence electrons. The van der Waals surface area contributed by atoms with Gasteiger partial charge < -0.3 is 0 Å². The summed E-state index contributed by atoms with van der Waals surface area (Å²) in [4.78, 5) is 0. The first-order valence-electron chi connectivity index (χ1n) is 8.66. The molecule has 1 aliphatic carbocycles. The fourth-order valence-corrected chi connectivity index (χ4v) is 3.46. The summed E-state index contributed by atoms with van der Waals surface area (Å²) in [7, 11) is 0. The predicted octanol–water partition coefficient (Wildman–Crippen LogP) is 7.17. The summed E-state index contributed by atoms with van der Waals surface area (Å²) in [5, 5.41) is 0. The number of rotatable bonds is 5. The number of allylic oxidation sites excluding steroid dienone is 3. The van der Waals surface area contributed by atoms with Gasteiger partial charge in [-0.25, -0.2) is 8.78 Å². The number of alkyl halides is 3. The highest BCUT2D eigenvalue weighted by Crippen LogP contribution is 2.38. The second kappa shape index (κ2) is 8.63. The minimum Gasteiger partial charge on any atom is -0.206 e. The summed E-state index contributed by atoms with van der Waals surface area (Å²) in [5.74, 6) is -1.17. The van der Waals surface area contributed by atoms with Crippen molar-refractivity contribution in [2.75, 3.05) is 0 Å². The number of halogens is 5. The zero-order valence-corrected chi connectivity index (χ0v) is 14.3. The molecule has 0 nitrogen and oxygen atoms in total. The summed E-state index contributed by atoms with van der Waals surface area (Å²) < 4.78 is 64.7. The van der Waals surface area contributed by atoms with Gasteiger partial charge in [-0.05, 0) is 81.1 Å². The first-order chi connectivity index (χ1) is 11.8. The van der Waals surface area contributed by atoms with Crippen LogP contribution in [-0.4, -0.2) is 6.18 Å². The van der Waals surface area contributed by atoms with Gasteiger partial charge in [-0.3, -0.25) is 0 Å². The van der Waals surface area contributed by atoms with Crippen LogP contribution in [0.25, 0.3) is 6.08 Å². The number of benzene rings is 1. The summed E-state index contributed by atoms with van der Waals surface area (Å²) in [6, 6.07) is 2.37. The predicted molar refractivity (Wildman–Crippen MR) is 90.2 cm³/mol. The molecule has 0 saturated heterocycles. The molecule has 0 radical (unpaired) electrons. The molecule has 1 aliphatic rings. The monoisotopic (exact) mass is 358 g/mol. The van der Waals surface area contributed by atoms with Crippen LogP contribution in [0.1, 0.15) is 62.5 Å². The van der Waals surface area contributed by atoms with E-state index >= 15 is 0 Å². The van der Waals surface area contributed by atoms with Gasteiger partial charge in [0.1, 0.15) is 11.6 Å². The quantitative estimate of drug-likeness (QED) is 0.386. The molecule has 1 fully saturated rings. The van der Waals surface area contributed by atoms with Crippen molar-refractivity contribution < 1.29 is 22.0 Å². The van der Waals surface area contributed by atoms with Crippen LogP contribution in [0.2, 0.25) is 0 Å². The van der Waals surface area contributed by atoms with Crippen LogP contribution in [-0.2, 0) is 0 Å². The van der Waals surface area contributed by atoms with E-state index < -0.39 is 23.4 Å². The molecule has 0 amide bonds. The van der Waals surface area contributed by atoms with Crippen LogP contribution in [0.5, 0.6) is 0 Å². The van der Waals surface area contributed by atoms with Gasteiger partial charge in [0.15, 0.2) is 0 Å². The van der Waals surface area contributed by atoms with Crippen LogP contribution in [0.3, 0.4) is 0 Å². The third-order valence-corrected chi connectivity index (χ3v) is 4.84. The van der Waals surface area contributed by atoms with Crippen LogP contribution in [0, 0.1) is 17.6 Å². The zero-order valence-electron chi connectivity index (χ0n) is 14.3. The molecular weight excluding hydrogens is 335 g/mol. The van der Waals surface area contributed by atoms with E-state index in [0.29, 0.717) is 17.6 Å². The molecule has 0 aliphatic heterocycles. The Morgan fingerprint density at radius 2 is 1.64 bits per heavy atom. The third kappa shape index (κ3) is 5.98. The van der Waals surface area contributed by atoms with Gasteiger partial charge in [0, 0.05) is 11.6 Å². The molecule has 0 aromatic heterocycles. The lowest BCUT2D eigenvalue weighted by atomic mass is 9.77. The van der Waals surface area contributed by atoms with E-state index in [-0.39, 0.29) is 12.0 Å². The highest BCUT2D eigenvalue weighted by Gasteiger charge is 2.25. The maximum absolute atomic E-state index is 14.1. The number of hydrogen-bond acceptors (Lipinski definition) is 0. The SMILES string of the molecule is C/C=C/CCC1CCC(c2cc(F)c(/C=C/C(F)(F)F)c(F)c2)CC1. The second-order valence-electron chi connectivity index (χ2n) is 6.64. The van der Waals surface area contributed by atoms with Crippen molar-refractivity contribution in [3.05, 3.63) is 53.1 Å². The van der Waals surface area contributed by atoms with Crippen molar-refractivity contribution in [3.8, 4) is 0 Å². The molecule has 2 rings (SSSR count). The lowest BCUT2D eigenvalue weighted by Gasteiger charge is -2.28. The van der Waals surface area contributed by atoms with Gasteiger partial charge >= 0.3 is 6.18 Å². The van der Waals surface area contributed by atoms with Crippen LogP contribution in [0.15, 0.2) is 30.4 Å². The van der Waals surface area contributed by atoms with E-state index in [2.05, 4.69) is 6.08 Å². The Balaban J connectivity index is 2.03. The Morgan fingerprint density at radius 3 is 2.16 bits per heavy atom. The lowest BCUT2D eigenvalue weighted by Crippen LogP contribution is -2.14. The maximum Gasteiger partial charge on any atom is 0.409 e. The molecule has 0 unspecified atom stereocenters. The summed E-state index contributed by atoms with van der Waals surface area (Å²) in [5.41, 5.74) is -0.0906. The van der Waals surface area contributed by atoms with E-state index in [4.69, 9.17) is 0 Å². The molecule has 0 bridgehead atoms. The Bertz CT molecular complexity index is 596. The fourth-order valence-electron chi connectivity index (χ4n) is 3.46. The van der Waals surface area contributed by atoms with Crippen molar-refractivity contribution in [2.24, 2.45) is 5.92 Å². The molecule has 1 aromatic carbocycles. The van der Waals surface area contributed by atoms with Crippen LogP contribution < -0.4 is 0 Å². The summed E-state index contributed by atoms with van der Waals surface area (Å²) >= 11 is 0. The largest absolute Gasteiger partial charge is 0.409 e. The number of hydrogen-bond donors (Lipinski definition) is 0. The maximum atomic E-state index is 14.1. The van der Waals surface area contributed by atoms with Gasteiger partial charge in [0.25, 0.3) is 0 Å². The van der Waals surface area contributed by atoms with E-state index in [0.717, 1.165) is 38.5 Å². The van der Waals surface area contributed by atoms with Crippen molar-refractivity contribution in [1.82, 2.24) is 0 Å². The van der Waals surface area contributed by atoms with E-state index in [9.17, 15) is 22.0 Å². The third-order valence-electron chi connectivity index (χ3n) is 4.84. The van der Waals surface area contributed by atoms with Gasteiger partial charge in [-0.1, -0.05) is 12.2 Å². The van der Waals surface area contributed by atoms with E-state index in [1.54, 1.807) is 0 Å². The molecule has 1 aromatic rings. The second-order valence-corrected chi connectivity index (χ2v) is 6.64. The summed E-state index contributed by atoms with van der Waals surface area (Å²) in [6.07, 6.45) is 5.81. The summed E-state index contributed by atoms with van der Waals surface area (Å²) in [6.45, 7) is 1.99. The Labute approximate surface area is 145 Å². The van der Waals surface area contributed by atoms with Gasteiger partial charge in [-0.2, -0.15) is 13.2 Å². The van der Waals surface area contributed by atoms with Gasteiger partial charge in [0.05, 0.1) is 0 Å². The van der Waals surface area contributed by atoms with Gasteiger partial charge in [0.2, 0.25) is 0 Å². The topological polar surface area (TPSA) is 0 Å². The average molecular weight is 358 g/mol. The smallest absolute Gasteiger partial charge is 0.206 e. The molecule has 25 heavy (non-hydrogen) atoms. The van der Waals surface area contributed by atoms with Crippen molar-refractivity contribution in [1.29, 1.82) is 0 Å². The van der Waals surface area contributed by atoms with Crippen LogP contribution >= 0.6 is 0 Å². The lowest BCUT2D eigenvalue weighted by molar-refractivity contribution is -0.0790. The highest BCUT2D eigenvalue weighted by molar-refractivity contribution is 5.52. The average Bonchev–Trinajstić information content (AvgIpc) is 2.54. The first-order valence-corrected chi connectivity index (χ1v) is 8.66. The minimum atomic E-state index is -4.59. The molecule has 0 heterocycles. The molecule has 5 heteroatoms. The molecule has 0 N–H and O–H groups in total. The van der Waals surface area contributed by atoms with E-state index in [1.807, 2.05) is 13.0 Å². The first kappa shape index (κ1) is 19.7. The van der Waals surface area contributed by atoms with Crippen molar-refractivity contribution >= 4 is 6.08 Å². The Kier molecular flexibility index (Phi) is 6.79. The van der Waals surface area contributed by atoms with Gasteiger partial charge in [-0.15, -0.1) is 0 Å². The zero-order chi connectivity index (χ0) is 18.4. The normalized spacial score (nSPS) is 22.2. The fraction of sp³-hybridized carbons (Fsp3) is 0.500. The molecule has 0 atom stereocenters. The minimum absolute atomic E-state index is 0.0719. The van der Waals surface area contributed by atoms with Crippen molar-refractivity contribution in [3.63, 3.8) is 0 Å². The Hall–Kier alpha value is -1.65. The molecule has 1 saturated carbocycles. The Morgan fingerprint density at radius 1 is 1.04 bits per heavy atom. The molecular formula is C20H23F5. The standard InChI is InChI=1S/C20H23F5/c1-2-3-4-5-14-6-8-15(9-7-14)16-12-18(21)17(19(22)13-16)10-11-20(23,24)25/h2-3,10-15H,4-9H2,1H3/b3-2+,11-10+. The molecule has 0 spiro atoms. The highest BCUT2D eigenvalue weighted by atomic mass is 19.4. The van der Waals surface area contributed by atoms with E-state index in [1.165, 1.54) is 12.1 Å². The van der Waals surface area contributed by atoms with Crippen LogP contribution in [0.4, 0.5) is 22.0 Å².